The molecule has 0 amide bonds. The zero-order valence-electron chi connectivity index (χ0n) is 12.8. The monoisotopic (exact) mass is 312 g/mol. The molecule has 1 heterocycles. The van der Waals surface area contributed by atoms with Gasteiger partial charge in [-0.15, -0.1) is 0 Å². The van der Waals surface area contributed by atoms with E-state index in [1.54, 1.807) is 38.5 Å². The minimum absolute atomic E-state index is 0.0702. The van der Waals surface area contributed by atoms with Crippen molar-refractivity contribution in [1.82, 2.24) is 0 Å². The van der Waals surface area contributed by atoms with Gasteiger partial charge in [-0.3, -0.25) is 4.79 Å². The quantitative estimate of drug-likeness (QED) is 0.882. The third kappa shape index (κ3) is 2.85. The molecule has 1 aliphatic heterocycles. The number of hydrogen-bond acceptors (Lipinski definition) is 5. The molecule has 118 valence electrons. The number of carbonyl (C=O) groups excluding carboxylic acids is 1. The van der Waals surface area contributed by atoms with Gasteiger partial charge in [0.05, 0.1) is 19.8 Å². The van der Waals surface area contributed by atoms with Crippen LogP contribution in [0.25, 0.3) is 6.08 Å². The van der Waals surface area contributed by atoms with Crippen LogP contribution in [0.3, 0.4) is 0 Å². The van der Waals surface area contributed by atoms with Crippen LogP contribution in [0, 0.1) is 0 Å². The molecule has 0 spiro atoms. The molecule has 2 aromatic carbocycles. The summed E-state index contributed by atoms with van der Waals surface area (Å²) in [7, 11) is 3.14. The van der Waals surface area contributed by atoms with Crippen molar-refractivity contribution in [3.63, 3.8) is 0 Å². The highest BCUT2D eigenvalue weighted by molar-refractivity contribution is 6.14. The van der Waals surface area contributed by atoms with Gasteiger partial charge >= 0.3 is 0 Å². The highest BCUT2D eigenvalue weighted by Crippen LogP contribution is 2.32. The molecule has 0 fully saturated rings. The fourth-order valence-electron chi connectivity index (χ4n) is 2.44. The summed E-state index contributed by atoms with van der Waals surface area (Å²) < 4.78 is 16.1. The van der Waals surface area contributed by atoms with Gasteiger partial charge in [0.2, 0.25) is 0 Å². The van der Waals surface area contributed by atoms with E-state index in [0.717, 1.165) is 5.56 Å². The first-order chi connectivity index (χ1) is 11.1. The Balaban J connectivity index is 1.98. The topological polar surface area (TPSA) is 65.0 Å². The Kier molecular flexibility index (Phi) is 3.93. The predicted octanol–water partition coefficient (Wildman–Crippen LogP) is 3.07. The lowest BCUT2D eigenvalue weighted by molar-refractivity contribution is 0.100. The van der Waals surface area contributed by atoms with E-state index in [1.165, 1.54) is 12.1 Å². The first-order valence-electron chi connectivity index (χ1n) is 7.05. The largest absolute Gasteiger partial charge is 0.508 e. The first kappa shape index (κ1) is 15.0. The van der Waals surface area contributed by atoms with Gasteiger partial charge in [0.1, 0.15) is 29.6 Å². The number of fused-ring (bicyclic) bond motifs is 1. The average molecular weight is 312 g/mol. The van der Waals surface area contributed by atoms with Crippen molar-refractivity contribution in [1.29, 1.82) is 0 Å². The molecular weight excluding hydrogens is 296 g/mol. The summed E-state index contributed by atoms with van der Waals surface area (Å²) in [6, 6.07) is 9.85. The van der Waals surface area contributed by atoms with E-state index < -0.39 is 0 Å². The van der Waals surface area contributed by atoms with Gasteiger partial charge in [0.15, 0.2) is 5.78 Å². The van der Waals surface area contributed by atoms with Gasteiger partial charge in [-0.05, 0) is 30.3 Å². The van der Waals surface area contributed by atoms with Gasteiger partial charge in [0, 0.05) is 23.3 Å². The molecule has 1 aliphatic rings. The van der Waals surface area contributed by atoms with Gasteiger partial charge in [0.25, 0.3) is 0 Å². The van der Waals surface area contributed by atoms with Crippen LogP contribution in [-0.2, 0) is 0 Å². The molecule has 3 rings (SSSR count). The Bertz CT molecular complexity index is 792. The van der Waals surface area contributed by atoms with Crippen LogP contribution in [-0.4, -0.2) is 31.7 Å². The molecule has 5 heteroatoms. The molecule has 1 N–H and O–H groups in total. The molecule has 0 aliphatic carbocycles. The summed E-state index contributed by atoms with van der Waals surface area (Å²) in [5, 5.41) is 9.46. The van der Waals surface area contributed by atoms with Crippen molar-refractivity contribution in [3.05, 3.63) is 53.1 Å². The SMILES string of the molecule is COc1ccc(C=C2COc3cc(O)ccc3C2=O)c(OC)c1. The molecule has 0 radical (unpaired) electrons. The Hall–Kier alpha value is -2.95. The summed E-state index contributed by atoms with van der Waals surface area (Å²) in [4.78, 5) is 12.6. The third-order valence-electron chi connectivity index (χ3n) is 3.66. The van der Waals surface area contributed by atoms with E-state index in [1.807, 2.05) is 6.07 Å². The number of methoxy groups -OCH3 is 2. The van der Waals surface area contributed by atoms with Crippen LogP contribution in [0.1, 0.15) is 15.9 Å². The summed E-state index contributed by atoms with van der Waals surface area (Å²) >= 11 is 0. The second-order valence-electron chi connectivity index (χ2n) is 5.08. The number of carbonyl (C=O) groups is 1. The minimum atomic E-state index is -0.121. The van der Waals surface area contributed by atoms with Crippen LogP contribution in [0.15, 0.2) is 42.0 Å². The van der Waals surface area contributed by atoms with Crippen molar-refractivity contribution >= 4 is 11.9 Å². The third-order valence-corrected chi connectivity index (χ3v) is 3.66. The highest BCUT2D eigenvalue weighted by Gasteiger charge is 2.24. The molecule has 0 bridgehead atoms. The molecule has 0 saturated heterocycles. The summed E-state index contributed by atoms with van der Waals surface area (Å²) in [6.07, 6.45) is 1.75. The summed E-state index contributed by atoms with van der Waals surface area (Å²) in [5.41, 5.74) is 1.72. The summed E-state index contributed by atoms with van der Waals surface area (Å²) in [6.45, 7) is 0.143. The Morgan fingerprint density at radius 3 is 2.70 bits per heavy atom. The molecule has 5 nitrogen and oxygen atoms in total. The average Bonchev–Trinajstić information content (AvgIpc) is 2.57. The van der Waals surface area contributed by atoms with E-state index >= 15 is 0 Å². The number of ether oxygens (including phenoxy) is 3. The number of rotatable bonds is 3. The maximum Gasteiger partial charge on any atom is 0.196 e. The lowest BCUT2D eigenvalue weighted by Crippen LogP contribution is -2.18. The second kappa shape index (κ2) is 6.04. The van der Waals surface area contributed by atoms with Crippen LogP contribution < -0.4 is 14.2 Å². The number of phenolic OH excluding ortho intramolecular Hbond substituents is 1. The Labute approximate surface area is 133 Å². The number of hydrogen-bond donors (Lipinski definition) is 1. The molecular formula is C18H16O5. The lowest BCUT2D eigenvalue weighted by atomic mass is 9.98. The van der Waals surface area contributed by atoms with Crippen molar-refractivity contribution < 1.29 is 24.1 Å². The summed E-state index contributed by atoms with van der Waals surface area (Å²) in [5.74, 6) is 1.64. The van der Waals surface area contributed by atoms with Gasteiger partial charge in [-0.2, -0.15) is 0 Å². The normalized spacial score (nSPS) is 15.0. The number of benzene rings is 2. The van der Waals surface area contributed by atoms with Gasteiger partial charge < -0.3 is 19.3 Å². The van der Waals surface area contributed by atoms with E-state index in [4.69, 9.17) is 14.2 Å². The smallest absolute Gasteiger partial charge is 0.196 e. The number of aromatic hydroxyl groups is 1. The number of Topliss-reactive ketones (excluding diaryl/α,β-unsaturated/α-hetero) is 1. The van der Waals surface area contributed by atoms with E-state index in [-0.39, 0.29) is 18.1 Å². The van der Waals surface area contributed by atoms with Crippen LogP contribution in [0.2, 0.25) is 0 Å². The zero-order valence-corrected chi connectivity index (χ0v) is 12.8. The van der Waals surface area contributed by atoms with Gasteiger partial charge in [-0.25, -0.2) is 0 Å². The minimum Gasteiger partial charge on any atom is -0.508 e. The maximum absolute atomic E-state index is 12.6. The van der Waals surface area contributed by atoms with E-state index in [2.05, 4.69) is 0 Å². The van der Waals surface area contributed by atoms with Crippen molar-refractivity contribution in [2.45, 2.75) is 0 Å². The van der Waals surface area contributed by atoms with Gasteiger partial charge in [-0.1, -0.05) is 0 Å². The molecule has 0 atom stereocenters. The predicted molar refractivity (Wildman–Crippen MR) is 85.5 cm³/mol. The number of phenols is 1. The molecule has 23 heavy (non-hydrogen) atoms. The fraction of sp³-hybridized carbons (Fsp3) is 0.167. The highest BCUT2D eigenvalue weighted by atomic mass is 16.5. The van der Waals surface area contributed by atoms with Crippen molar-refractivity contribution in [3.8, 4) is 23.0 Å². The molecule has 0 saturated carbocycles. The molecule has 2 aromatic rings. The Morgan fingerprint density at radius 2 is 1.96 bits per heavy atom. The van der Waals surface area contributed by atoms with Crippen LogP contribution in [0.4, 0.5) is 0 Å². The fourth-order valence-corrected chi connectivity index (χ4v) is 2.44. The zero-order chi connectivity index (χ0) is 16.4. The standard InChI is InChI=1S/C18H16O5/c1-21-14-5-3-11(16(9-14)22-2)7-12-10-23-17-8-13(19)4-6-15(17)18(12)20/h3-9,19H,10H2,1-2H3. The van der Waals surface area contributed by atoms with Crippen LogP contribution >= 0.6 is 0 Å². The number of ketones is 1. The second-order valence-corrected chi connectivity index (χ2v) is 5.08. The molecule has 0 unspecified atom stereocenters. The van der Waals surface area contributed by atoms with E-state index in [9.17, 15) is 9.90 Å². The lowest BCUT2D eigenvalue weighted by Gasteiger charge is -2.19. The van der Waals surface area contributed by atoms with E-state index in [0.29, 0.717) is 28.4 Å². The van der Waals surface area contributed by atoms with Crippen molar-refractivity contribution in [2.24, 2.45) is 0 Å². The van der Waals surface area contributed by atoms with Crippen molar-refractivity contribution in [2.75, 3.05) is 20.8 Å². The first-order valence-corrected chi connectivity index (χ1v) is 7.05. The maximum atomic E-state index is 12.6. The van der Waals surface area contributed by atoms with Crippen LogP contribution in [0.5, 0.6) is 23.0 Å². The Morgan fingerprint density at radius 1 is 1.13 bits per heavy atom. The molecule has 0 aromatic heterocycles.